The van der Waals surface area contributed by atoms with E-state index < -0.39 is 17.9 Å². The predicted octanol–water partition coefficient (Wildman–Crippen LogP) is 1.49. The first kappa shape index (κ1) is 21.4. The Morgan fingerprint density at radius 3 is 2.25 bits per heavy atom. The lowest BCUT2D eigenvalue weighted by Crippen LogP contribution is -2.41. The zero-order chi connectivity index (χ0) is 20.4. The number of aryl methyl sites for hydroxylation is 1. The summed E-state index contributed by atoms with van der Waals surface area (Å²) in [5.41, 5.74) is 2.82. The highest BCUT2D eigenvalue weighted by Gasteiger charge is 2.17. The number of hydrogen-bond acceptors (Lipinski definition) is 5. The maximum atomic E-state index is 12.1. The molecule has 2 amide bonds. The first-order valence-corrected chi connectivity index (χ1v) is 9.01. The SMILES string of the molecule is COc1ccc(CNC(=O)C(=O)NCC(OCCO)c2ccc(C)cc2)cc1. The Bertz CT molecular complexity index is 759. The molecule has 0 aromatic heterocycles. The summed E-state index contributed by atoms with van der Waals surface area (Å²) < 4.78 is 10.7. The van der Waals surface area contributed by atoms with Crippen LogP contribution in [0.4, 0.5) is 0 Å². The number of nitrogens with one attached hydrogen (secondary N) is 2. The second-order valence-electron chi connectivity index (χ2n) is 6.23. The van der Waals surface area contributed by atoms with Gasteiger partial charge in [0.05, 0.1) is 26.4 Å². The number of ether oxygens (including phenoxy) is 2. The summed E-state index contributed by atoms with van der Waals surface area (Å²) in [6.45, 7) is 2.34. The predicted molar refractivity (Wildman–Crippen MR) is 105 cm³/mol. The maximum absolute atomic E-state index is 12.1. The summed E-state index contributed by atoms with van der Waals surface area (Å²) in [5, 5.41) is 14.2. The van der Waals surface area contributed by atoms with Crippen LogP contribution < -0.4 is 15.4 Å². The average Bonchev–Trinajstić information content (AvgIpc) is 2.73. The molecule has 0 heterocycles. The summed E-state index contributed by atoms with van der Waals surface area (Å²) in [5.74, 6) is -0.739. The normalized spacial score (nSPS) is 11.5. The molecule has 28 heavy (non-hydrogen) atoms. The fraction of sp³-hybridized carbons (Fsp3) is 0.333. The highest BCUT2D eigenvalue weighted by molar-refractivity contribution is 6.35. The molecule has 0 bridgehead atoms. The van der Waals surface area contributed by atoms with Crippen molar-refractivity contribution in [3.63, 3.8) is 0 Å². The van der Waals surface area contributed by atoms with Gasteiger partial charge >= 0.3 is 11.8 Å². The molecule has 2 aromatic carbocycles. The van der Waals surface area contributed by atoms with Gasteiger partial charge in [0, 0.05) is 13.1 Å². The first-order valence-electron chi connectivity index (χ1n) is 9.01. The van der Waals surface area contributed by atoms with Gasteiger partial charge in [-0.3, -0.25) is 9.59 Å². The van der Waals surface area contributed by atoms with Gasteiger partial charge < -0.3 is 25.2 Å². The standard InChI is InChI=1S/C21H26N2O5/c1-15-3-7-17(8-4-15)19(28-12-11-24)14-23-21(26)20(25)22-13-16-5-9-18(27-2)10-6-16/h3-10,19,24H,11-14H2,1-2H3,(H,22,25)(H,23,26). The molecule has 0 saturated heterocycles. The van der Waals surface area contributed by atoms with Gasteiger partial charge in [0.15, 0.2) is 0 Å². The van der Waals surface area contributed by atoms with Crippen LogP contribution in [0.15, 0.2) is 48.5 Å². The Balaban J connectivity index is 1.86. The van der Waals surface area contributed by atoms with E-state index in [1.807, 2.05) is 43.3 Å². The van der Waals surface area contributed by atoms with Crippen molar-refractivity contribution < 1.29 is 24.2 Å². The van der Waals surface area contributed by atoms with Crippen LogP contribution in [0.25, 0.3) is 0 Å². The van der Waals surface area contributed by atoms with E-state index in [2.05, 4.69) is 10.6 Å². The third-order valence-electron chi connectivity index (χ3n) is 4.13. The molecule has 7 heteroatoms. The topological polar surface area (TPSA) is 96.9 Å². The van der Waals surface area contributed by atoms with Crippen molar-refractivity contribution in [1.29, 1.82) is 0 Å². The Labute approximate surface area is 164 Å². The molecular formula is C21H26N2O5. The van der Waals surface area contributed by atoms with Crippen LogP contribution in [-0.2, 0) is 20.9 Å². The number of methoxy groups -OCH3 is 1. The zero-order valence-corrected chi connectivity index (χ0v) is 16.1. The smallest absolute Gasteiger partial charge is 0.309 e. The third kappa shape index (κ3) is 6.68. The van der Waals surface area contributed by atoms with Crippen molar-refractivity contribution in [3.05, 3.63) is 65.2 Å². The van der Waals surface area contributed by atoms with Crippen molar-refractivity contribution in [2.75, 3.05) is 26.9 Å². The lowest BCUT2D eigenvalue weighted by molar-refractivity contribution is -0.139. The number of aliphatic hydroxyl groups is 1. The van der Waals surface area contributed by atoms with Crippen LogP contribution in [0.5, 0.6) is 5.75 Å². The molecule has 150 valence electrons. The monoisotopic (exact) mass is 386 g/mol. The molecule has 0 fully saturated rings. The number of aliphatic hydroxyl groups excluding tert-OH is 1. The van der Waals surface area contributed by atoms with E-state index in [4.69, 9.17) is 14.6 Å². The van der Waals surface area contributed by atoms with Gasteiger partial charge in [0.25, 0.3) is 0 Å². The van der Waals surface area contributed by atoms with E-state index >= 15 is 0 Å². The van der Waals surface area contributed by atoms with E-state index in [0.717, 1.165) is 22.4 Å². The molecule has 1 unspecified atom stereocenters. The van der Waals surface area contributed by atoms with Gasteiger partial charge in [-0.1, -0.05) is 42.0 Å². The summed E-state index contributed by atoms with van der Waals surface area (Å²) in [6, 6.07) is 14.9. The lowest BCUT2D eigenvalue weighted by atomic mass is 10.1. The van der Waals surface area contributed by atoms with Gasteiger partial charge in [-0.15, -0.1) is 0 Å². The Morgan fingerprint density at radius 2 is 1.64 bits per heavy atom. The molecule has 3 N–H and O–H groups in total. The first-order chi connectivity index (χ1) is 13.5. The van der Waals surface area contributed by atoms with Gasteiger partial charge in [0.1, 0.15) is 5.75 Å². The molecule has 0 spiro atoms. The molecule has 0 aliphatic rings. The number of benzene rings is 2. The minimum atomic E-state index is -0.738. The Kier molecular flexibility index (Phi) is 8.45. The van der Waals surface area contributed by atoms with Crippen LogP contribution in [-0.4, -0.2) is 43.8 Å². The van der Waals surface area contributed by atoms with E-state index in [1.165, 1.54) is 0 Å². The van der Waals surface area contributed by atoms with Crippen LogP contribution in [0.3, 0.4) is 0 Å². The van der Waals surface area contributed by atoms with E-state index in [-0.39, 0.29) is 26.3 Å². The van der Waals surface area contributed by atoms with Crippen LogP contribution >= 0.6 is 0 Å². The summed E-state index contributed by atoms with van der Waals surface area (Å²) in [6.07, 6.45) is -0.453. The molecule has 0 aliphatic heterocycles. The van der Waals surface area contributed by atoms with Gasteiger partial charge in [-0.2, -0.15) is 0 Å². The van der Waals surface area contributed by atoms with E-state index in [9.17, 15) is 9.59 Å². The van der Waals surface area contributed by atoms with E-state index in [0.29, 0.717) is 0 Å². The molecular weight excluding hydrogens is 360 g/mol. The second kappa shape index (κ2) is 11.1. The minimum absolute atomic E-state index is 0.123. The average molecular weight is 386 g/mol. The van der Waals surface area contributed by atoms with Crippen molar-refractivity contribution >= 4 is 11.8 Å². The van der Waals surface area contributed by atoms with Crippen molar-refractivity contribution in [1.82, 2.24) is 10.6 Å². The number of carbonyl (C=O) groups excluding carboxylic acids is 2. The molecule has 0 aliphatic carbocycles. The molecule has 1 atom stereocenters. The molecule has 2 rings (SSSR count). The second-order valence-corrected chi connectivity index (χ2v) is 6.23. The Hall–Kier alpha value is -2.90. The largest absolute Gasteiger partial charge is 0.497 e. The highest BCUT2D eigenvalue weighted by atomic mass is 16.5. The number of hydrogen-bond donors (Lipinski definition) is 3. The Morgan fingerprint density at radius 1 is 1.00 bits per heavy atom. The van der Waals surface area contributed by atoms with Crippen molar-refractivity contribution in [2.45, 2.75) is 19.6 Å². The number of carbonyl (C=O) groups is 2. The number of rotatable bonds is 9. The lowest BCUT2D eigenvalue weighted by Gasteiger charge is -2.18. The van der Waals surface area contributed by atoms with Gasteiger partial charge in [0.2, 0.25) is 0 Å². The minimum Gasteiger partial charge on any atom is -0.497 e. The third-order valence-corrected chi connectivity index (χ3v) is 4.13. The fourth-order valence-corrected chi connectivity index (χ4v) is 2.52. The quantitative estimate of drug-likeness (QED) is 0.568. The molecule has 2 aromatic rings. The van der Waals surface area contributed by atoms with Crippen molar-refractivity contribution in [3.8, 4) is 5.75 Å². The van der Waals surface area contributed by atoms with Crippen molar-refractivity contribution in [2.24, 2.45) is 0 Å². The maximum Gasteiger partial charge on any atom is 0.309 e. The fourth-order valence-electron chi connectivity index (χ4n) is 2.52. The van der Waals surface area contributed by atoms with E-state index in [1.54, 1.807) is 19.2 Å². The van der Waals surface area contributed by atoms with Gasteiger partial charge in [-0.25, -0.2) is 0 Å². The molecule has 7 nitrogen and oxygen atoms in total. The van der Waals surface area contributed by atoms with Crippen LogP contribution in [0, 0.1) is 6.92 Å². The van der Waals surface area contributed by atoms with Crippen LogP contribution in [0.1, 0.15) is 22.8 Å². The van der Waals surface area contributed by atoms with Gasteiger partial charge in [-0.05, 0) is 30.2 Å². The molecule has 0 radical (unpaired) electrons. The summed E-state index contributed by atoms with van der Waals surface area (Å²) in [7, 11) is 1.58. The highest BCUT2D eigenvalue weighted by Crippen LogP contribution is 2.17. The molecule has 0 saturated carbocycles. The zero-order valence-electron chi connectivity index (χ0n) is 16.1. The summed E-state index contributed by atoms with van der Waals surface area (Å²) in [4.78, 5) is 24.1. The summed E-state index contributed by atoms with van der Waals surface area (Å²) >= 11 is 0. The number of amides is 2. The van der Waals surface area contributed by atoms with Crippen LogP contribution in [0.2, 0.25) is 0 Å².